The Balaban J connectivity index is 1.52. The van der Waals surface area contributed by atoms with Gasteiger partial charge >= 0.3 is 0 Å². The van der Waals surface area contributed by atoms with Crippen LogP contribution in [0.4, 0.5) is 0 Å². The fraction of sp³-hybridized carbons (Fsp3) is 0.417. The average molecular weight is 458 g/mol. The Morgan fingerprint density at radius 1 is 1.03 bits per heavy atom. The Hall–Kier alpha value is -2.39. The van der Waals surface area contributed by atoms with Crippen LogP contribution < -0.4 is 9.47 Å². The van der Waals surface area contributed by atoms with E-state index >= 15 is 0 Å². The highest BCUT2D eigenvalue weighted by molar-refractivity contribution is 7.89. The standard InChI is InChI=1S/C24H27NO6S/c1-17-3-6-20(7-4-17)32(26,27)25-14-19(18-5-8-21-22(11-18)31-16-30-21)12-24(2,15-25)13-23-28-9-10-29-23/h3-8,11-12,23H,9-10,13-16H2,1-2H3/t24-/m1/s1. The largest absolute Gasteiger partial charge is 0.454 e. The second-order valence-electron chi connectivity index (χ2n) is 8.85. The molecule has 0 spiro atoms. The first-order valence-electron chi connectivity index (χ1n) is 10.7. The van der Waals surface area contributed by atoms with Crippen LogP contribution in [0.25, 0.3) is 5.57 Å². The van der Waals surface area contributed by atoms with Gasteiger partial charge in [0, 0.05) is 24.9 Å². The van der Waals surface area contributed by atoms with Crippen molar-refractivity contribution < 1.29 is 27.4 Å². The van der Waals surface area contributed by atoms with Gasteiger partial charge in [0.15, 0.2) is 17.8 Å². The van der Waals surface area contributed by atoms with Gasteiger partial charge in [-0.1, -0.05) is 36.8 Å². The summed E-state index contributed by atoms with van der Waals surface area (Å²) in [5.41, 5.74) is 2.39. The fourth-order valence-corrected chi connectivity index (χ4v) is 6.04. The van der Waals surface area contributed by atoms with Crippen molar-refractivity contribution in [3.63, 3.8) is 0 Å². The van der Waals surface area contributed by atoms with Gasteiger partial charge in [0.25, 0.3) is 0 Å². The molecule has 1 fully saturated rings. The van der Waals surface area contributed by atoms with Crippen LogP contribution in [-0.2, 0) is 19.5 Å². The van der Waals surface area contributed by atoms with Gasteiger partial charge < -0.3 is 18.9 Å². The van der Waals surface area contributed by atoms with Crippen LogP contribution in [0.5, 0.6) is 11.5 Å². The zero-order valence-corrected chi connectivity index (χ0v) is 19.1. The molecule has 0 bridgehead atoms. The number of nitrogens with zero attached hydrogens (tertiary/aromatic N) is 1. The highest BCUT2D eigenvalue weighted by Crippen LogP contribution is 2.41. The smallest absolute Gasteiger partial charge is 0.243 e. The molecule has 3 heterocycles. The van der Waals surface area contributed by atoms with Crippen molar-refractivity contribution in [3.8, 4) is 11.5 Å². The summed E-state index contributed by atoms with van der Waals surface area (Å²) in [6.07, 6.45) is 2.40. The first-order chi connectivity index (χ1) is 15.3. The molecule has 3 aliphatic rings. The van der Waals surface area contributed by atoms with Gasteiger partial charge in [-0.05, 0) is 42.3 Å². The van der Waals surface area contributed by atoms with Crippen LogP contribution in [-0.4, -0.2) is 52.1 Å². The van der Waals surface area contributed by atoms with E-state index in [2.05, 4.69) is 13.0 Å². The number of benzene rings is 2. The molecule has 0 N–H and O–H groups in total. The summed E-state index contributed by atoms with van der Waals surface area (Å²) in [6.45, 7) is 5.94. The first-order valence-corrected chi connectivity index (χ1v) is 12.2. The first kappa shape index (κ1) is 21.5. The summed E-state index contributed by atoms with van der Waals surface area (Å²) < 4.78 is 51.1. The number of fused-ring (bicyclic) bond motifs is 1. The van der Waals surface area contributed by atoms with Crippen LogP contribution in [0.1, 0.15) is 24.5 Å². The normalized spacial score (nSPS) is 24.0. The Morgan fingerprint density at radius 3 is 2.50 bits per heavy atom. The van der Waals surface area contributed by atoms with E-state index in [0.29, 0.717) is 42.6 Å². The molecule has 32 heavy (non-hydrogen) atoms. The monoisotopic (exact) mass is 457 g/mol. The maximum Gasteiger partial charge on any atom is 0.243 e. The van der Waals surface area contributed by atoms with Crippen LogP contribution in [0.2, 0.25) is 0 Å². The van der Waals surface area contributed by atoms with Gasteiger partial charge in [-0.3, -0.25) is 0 Å². The van der Waals surface area contributed by atoms with Crippen molar-refractivity contribution in [1.82, 2.24) is 4.31 Å². The SMILES string of the molecule is Cc1ccc(S(=O)(=O)N2CC(c3ccc4c(c3)OCO4)=C[C@](C)(CC3OCCO3)C2)cc1. The van der Waals surface area contributed by atoms with Crippen LogP contribution in [0, 0.1) is 12.3 Å². The molecule has 7 nitrogen and oxygen atoms in total. The van der Waals surface area contributed by atoms with E-state index in [4.69, 9.17) is 18.9 Å². The van der Waals surface area contributed by atoms with Gasteiger partial charge in [0.05, 0.1) is 18.1 Å². The molecule has 5 rings (SSSR count). The van der Waals surface area contributed by atoms with Crippen molar-refractivity contribution in [2.45, 2.75) is 31.5 Å². The van der Waals surface area contributed by atoms with E-state index < -0.39 is 15.4 Å². The third-order valence-corrected chi connectivity index (χ3v) is 7.94. The van der Waals surface area contributed by atoms with Crippen molar-refractivity contribution in [3.05, 3.63) is 59.7 Å². The summed E-state index contributed by atoms with van der Waals surface area (Å²) in [7, 11) is -3.68. The van der Waals surface area contributed by atoms with Gasteiger partial charge in [-0.2, -0.15) is 4.31 Å². The lowest BCUT2D eigenvalue weighted by Crippen LogP contribution is -2.44. The van der Waals surface area contributed by atoms with Crippen molar-refractivity contribution in [2.24, 2.45) is 5.41 Å². The molecule has 170 valence electrons. The maximum atomic E-state index is 13.6. The molecule has 2 aromatic rings. The average Bonchev–Trinajstić information content (AvgIpc) is 3.44. The number of rotatable bonds is 5. The lowest BCUT2D eigenvalue weighted by Gasteiger charge is -2.39. The third kappa shape index (κ3) is 4.15. The molecule has 0 unspecified atom stereocenters. The zero-order chi connectivity index (χ0) is 22.3. The maximum absolute atomic E-state index is 13.6. The van der Waals surface area contributed by atoms with Crippen molar-refractivity contribution in [2.75, 3.05) is 33.1 Å². The Kier molecular flexibility index (Phi) is 5.49. The number of hydrogen-bond donors (Lipinski definition) is 0. The van der Waals surface area contributed by atoms with E-state index in [-0.39, 0.29) is 19.6 Å². The van der Waals surface area contributed by atoms with Crippen molar-refractivity contribution >= 4 is 15.6 Å². The Labute approximate surface area is 188 Å². The van der Waals surface area contributed by atoms with Crippen LogP contribution in [0.3, 0.4) is 0 Å². The molecule has 8 heteroatoms. The molecule has 1 saturated heterocycles. The number of hydrogen-bond acceptors (Lipinski definition) is 6. The summed E-state index contributed by atoms with van der Waals surface area (Å²) in [6, 6.07) is 12.7. The van der Waals surface area contributed by atoms with E-state index in [1.165, 1.54) is 0 Å². The zero-order valence-electron chi connectivity index (χ0n) is 18.2. The second-order valence-corrected chi connectivity index (χ2v) is 10.8. The minimum atomic E-state index is -3.68. The summed E-state index contributed by atoms with van der Waals surface area (Å²) in [4.78, 5) is 0.297. The molecule has 1 atom stereocenters. The molecular weight excluding hydrogens is 430 g/mol. The van der Waals surface area contributed by atoms with Gasteiger partial charge in [-0.25, -0.2) is 8.42 Å². The predicted octanol–water partition coefficient (Wildman–Crippen LogP) is 3.58. The quantitative estimate of drug-likeness (QED) is 0.683. The molecule has 0 aromatic heterocycles. The topological polar surface area (TPSA) is 74.3 Å². The van der Waals surface area contributed by atoms with Gasteiger partial charge in [0.2, 0.25) is 16.8 Å². The van der Waals surface area contributed by atoms with E-state index in [1.54, 1.807) is 16.4 Å². The molecular formula is C24H27NO6S. The van der Waals surface area contributed by atoms with Crippen molar-refractivity contribution in [1.29, 1.82) is 0 Å². The highest BCUT2D eigenvalue weighted by atomic mass is 32.2. The number of sulfonamides is 1. The third-order valence-electron chi connectivity index (χ3n) is 6.13. The van der Waals surface area contributed by atoms with Gasteiger partial charge in [0.1, 0.15) is 0 Å². The molecule has 2 aromatic carbocycles. The summed E-state index contributed by atoms with van der Waals surface area (Å²) in [5, 5.41) is 0. The predicted molar refractivity (Wildman–Crippen MR) is 119 cm³/mol. The summed E-state index contributed by atoms with van der Waals surface area (Å²) >= 11 is 0. The lowest BCUT2D eigenvalue weighted by atomic mass is 9.80. The van der Waals surface area contributed by atoms with Crippen LogP contribution in [0.15, 0.2) is 53.4 Å². The molecule has 0 radical (unpaired) electrons. The second kappa shape index (κ2) is 8.19. The van der Waals surface area contributed by atoms with E-state index in [1.807, 2.05) is 37.3 Å². The minimum Gasteiger partial charge on any atom is -0.454 e. The molecule has 0 saturated carbocycles. The number of aryl methyl sites for hydroxylation is 1. The summed E-state index contributed by atoms with van der Waals surface area (Å²) in [5.74, 6) is 1.37. The molecule has 3 aliphatic heterocycles. The minimum absolute atomic E-state index is 0.194. The fourth-order valence-electron chi connectivity index (χ4n) is 4.49. The van der Waals surface area contributed by atoms with Gasteiger partial charge in [-0.15, -0.1) is 0 Å². The van der Waals surface area contributed by atoms with Crippen LogP contribution >= 0.6 is 0 Å². The van der Waals surface area contributed by atoms with E-state index in [9.17, 15) is 8.42 Å². The molecule has 0 amide bonds. The Bertz CT molecular complexity index is 1140. The number of ether oxygens (including phenoxy) is 4. The lowest BCUT2D eigenvalue weighted by molar-refractivity contribution is -0.0658. The Morgan fingerprint density at radius 2 is 1.75 bits per heavy atom. The highest BCUT2D eigenvalue weighted by Gasteiger charge is 2.39. The van der Waals surface area contributed by atoms with E-state index in [0.717, 1.165) is 16.7 Å². The molecule has 0 aliphatic carbocycles.